The largest absolute Gasteiger partial charge is 0.352 e. The summed E-state index contributed by atoms with van der Waals surface area (Å²) in [5.41, 5.74) is 0.177. The summed E-state index contributed by atoms with van der Waals surface area (Å²) in [6, 6.07) is 0.325. The first-order valence-corrected chi connectivity index (χ1v) is 11.5. The van der Waals surface area contributed by atoms with Gasteiger partial charge in [-0.25, -0.2) is 4.68 Å². The molecule has 9 nitrogen and oxygen atoms in total. The minimum atomic E-state index is -0.262. The number of carbonyl (C=O) groups is 1. The number of aromatic nitrogens is 4. The molecule has 1 aliphatic carbocycles. The summed E-state index contributed by atoms with van der Waals surface area (Å²) in [5.74, 6) is 1.39. The third-order valence-electron chi connectivity index (χ3n) is 6.40. The number of hydrogen-bond acceptors (Lipinski definition) is 6. The number of nitrogens with zero attached hydrogens (tertiary/aromatic N) is 5. The minimum Gasteiger partial charge on any atom is -0.352 e. The van der Waals surface area contributed by atoms with Crippen molar-refractivity contribution in [3.8, 4) is 0 Å². The SMILES string of the molecule is CC1CCCC(NC(=O)CN2CCN(c3nc4c(cnn4C(C)(C)C)c(=O)[nH]3)CC2)C1. The minimum absolute atomic E-state index is 0.120. The predicted molar refractivity (Wildman–Crippen MR) is 121 cm³/mol. The van der Waals surface area contributed by atoms with Crippen LogP contribution in [0.1, 0.15) is 53.4 Å². The predicted octanol–water partition coefficient (Wildman–Crippen LogP) is 1.69. The Kier molecular flexibility index (Phi) is 6.05. The average molecular weight is 430 g/mol. The Hall–Kier alpha value is -2.42. The van der Waals surface area contributed by atoms with Crippen LogP contribution in [0, 0.1) is 5.92 Å². The lowest BCUT2D eigenvalue weighted by Gasteiger charge is -2.35. The second kappa shape index (κ2) is 8.61. The van der Waals surface area contributed by atoms with Crippen molar-refractivity contribution in [1.29, 1.82) is 0 Å². The van der Waals surface area contributed by atoms with Gasteiger partial charge in [-0.15, -0.1) is 0 Å². The highest BCUT2D eigenvalue weighted by atomic mass is 16.2. The molecule has 1 amide bonds. The van der Waals surface area contributed by atoms with Crippen molar-refractivity contribution in [3.63, 3.8) is 0 Å². The Morgan fingerprint density at radius 3 is 2.65 bits per heavy atom. The second-order valence-corrected chi connectivity index (χ2v) is 10.2. The number of fused-ring (bicyclic) bond motifs is 1. The Balaban J connectivity index is 1.37. The average Bonchev–Trinajstić information content (AvgIpc) is 3.13. The molecule has 2 N–H and O–H groups in total. The summed E-state index contributed by atoms with van der Waals surface area (Å²) in [5, 5.41) is 8.10. The summed E-state index contributed by atoms with van der Waals surface area (Å²) < 4.78 is 1.80. The zero-order valence-corrected chi connectivity index (χ0v) is 19.1. The molecule has 1 saturated heterocycles. The van der Waals surface area contributed by atoms with Crippen molar-refractivity contribution >= 4 is 22.9 Å². The number of piperazine rings is 1. The number of nitrogens with one attached hydrogen (secondary N) is 2. The number of rotatable bonds is 4. The lowest BCUT2D eigenvalue weighted by molar-refractivity contribution is -0.123. The summed E-state index contributed by atoms with van der Waals surface area (Å²) in [6.07, 6.45) is 6.24. The van der Waals surface area contributed by atoms with Crippen LogP contribution in [-0.2, 0) is 10.3 Å². The molecule has 0 radical (unpaired) electrons. The van der Waals surface area contributed by atoms with Gasteiger partial charge in [0.2, 0.25) is 11.9 Å². The van der Waals surface area contributed by atoms with E-state index in [2.05, 4.69) is 32.1 Å². The van der Waals surface area contributed by atoms with E-state index in [1.807, 2.05) is 20.8 Å². The maximum Gasteiger partial charge on any atom is 0.263 e. The summed E-state index contributed by atoms with van der Waals surface area (Å²) >= 11 is 0. The number of H-pyrrole nitrogens is 1. The Morgan fingerprint density at radius 1 is 1.23 bits per heavy atom. The van der Waals surface area contributed by atoms with E-state index in [-0.39, 0.29) is 17.0 Å². The van der Waals surface area contributed by atoms with Crippen LogP contribution in [0.2, 0.25) is 0 Å². The van der Waals surface area contributed by atoms with Crippen molar-refractivity contribution in [2.75, 3.05) is 37.6 Å². The first-order chi connectivity index (χ1) is 14.7. The van der Waals surface area contributed by atoms with E-state index in [1.54, 1.807) is 10.9 Å². The third kappa shape index (κ3) is 4.92. The number of carbonyl (C=O) groups excluding carboxylic acids is 1. The number of hydrogen-bond donors (Lipinski definition) is 2. The Morgan fingerprint density at radius 2 is 1.97 bits per heavy atom. The van der Waals surface area contributed by atoms with Gasteiger partial charge in [0, 0.05) is 32.2 Å². The fourth-order valence-electron chi connectivity index (χ4n) is 4.71. The van der Waals surface area contributed by atoms with E-state index in [0.717, 1.165) is 25.9 Å². The normalized spacial score (nSPS) is 23.3. The lowest BCUT2D eigenvalue weighted by atomic mass is 9.87. The zero-order valence-electron chi connectivity index (χ0n) is 19.1. The molecule has 0 spiro atoms. The molecule has 31 heavy (non-hydrogen) atoms. The van der Waals surface area contributed by atoms with Crippen LogP contribution in [0.15, 0.2) is 11.0 Å². The van der Waals surface area contributed by atoms with Crippen LogP contribution in [-0.4, -0.2) is 69.3 Å². The van der Waals surface area contributed by atoms with Crippen LogP contribution in [0.3, 0.4) is 0 Å². The molecular weight excluding hydrogens is 394 g/mol. The van der Waals surface area contributed by atoms with E-state index in [0.29, 0.717) is 48.6 Å². The third-order valence-corrected chi connectivity index (χ3v) is 6.40. The van der Waals surface area contributed by atoms with Crippen LogP contribution in [0.5, 0.6) is 0 Å². The molecule has 4 rings (SSSR count). The lowest BCUT2D eigenvalue weighted by Crippen LogP contribution is -2.51. The smallest absolute Gasteiger partial charge is 0.263 e. The molecule has 2 aliphatic rings. The van der Waals surface area contributed by atoms with Crippen molar-refractivity contribution in [3.05, 3.63) is 16.6 Å². The van der Waals surface area contributed by atoms with Crippen LogP contribution in [0.25, 0.3) is 11.0 Å². The Labute approximate surface area is 183 Å². The van der Waals surface area contributed by atoms with Gasteiger partial charge in [0.15, 0.2) is 5.65 Å². The Bertz CT molecular complexity index is 982. The number of amides is 1. The number of aromatic amines is 1. The van der Waals surface area contributed by atoms with E-state index in [4.69, 9.17) is 4.98 Å². The van der Waals surface area contributed by atoms with Gasteiger partial charge in [0.05, 0.1) is 18.3 Å². The maximum absolute atomic E-state index is 12.6. The summed E-state index contributed by atoms with van der Waals surface area (Å²) in [4.78, 5) is 37.0. The van der Waals surface area contributed by atoms with E-state index >= 15 is 0 Å². The fourth-order valence-corrected chi connectivity index (χ4v) is 4.71. The standard InChI is InChI=1S/C22H35N7O2/c1-15-6-5-7-16(12-15)24-18(30)14-27-8-10-28(11-9-27)21-25-19-17(20(31)26-21)13-23-29(19)22(2,3)4/h13,15-16H,5-12,14H2,1-4H3,(H,24,30)(H,25,26,31). The van der Waals surface area contributed by atoms with Gasteiger partial charge in [0.25, 0.3) is 5.56 Å². The van der Waals surface area contributed by atoms with Crippen LogP contribution >= 0.6 is 0 Å². The molecule has 2 aromatic heterocycles. The van der Waals surface area contributed by atoms with Crippen molar-refractivity contribution < 1.29 is 4.79 Å². The monoisotopic (exact) mass is 429 g/mol. The van der Waals surface area contributed by atoms with Gasteiger partial charge < -0.3 is 10.2 Å². The molecule has 0 aromatic carbocycles. The molecule has 3 heterocycles. The van der Waals surface area contributed by atoms with E-state index in [1.165, 1.54) is 12.8 Å². The first-order valence-electron chi connectivity index (χ1n) is 11.5. The highest BCUT2D eigenvalue weighted by molar-refractivity contribution is 5.78. The second-order valence-electron chi connectivity index (χ2n) is 10.2. The molecule has 2 aromatic rings. The molecule has 0 bridgehead atoms. The van der Waals surface area contributed by atoms with Crippen molar-refractivity contribution in [2.24, 2.45) is 5.92 Å². The van der Waals surface area contributed by atoms with Crippen molar-refractivity contribution in [2.45, 2.75) is 65.0 Å². The van der Waals surface area contributed by atoms with Gasteiger partial charge in [-0.3, -0.25) is 19.5 Å². The van der Waals surface area contributed by atoms with Gasteiger partial charge in [-0.05, 0) is 39.5 Å². The molecule has 1 aliphatic heterocycles. The highest BCUT2D eigenvalue weighted by Gasteiger charge is 2.25. The topological polar surface area (TPSA) is 99.2 Å². The molecular formula is C22H35N7O2. The quantitative estimate of drug-likeness (QED) is 0.767. The number of anilines is 1. The molecule has 1 saturated carbocycles. The van der Waals surface area contributed by atoms with Crippen LogP contribution < -0.4 is 15.8 Å². The molecule has 2 fully saturated rings. The van der Waals surface area contributed by atoms with Gasteiger partial charge in [-0.2, -0.15) is 10.1 Å². The van der Waals surface area contributed by atoms with Crippen molar-refractivity contribution in [1.82, 2.24) is 30.0 Å². The zero-order chi connectivity index (χ0) is 22.2. The van der Waals surface area contributed by atoms with E-state index < -0.39 is 0 Å². The molecule has 2 unspecified atom stereocenters. The van der Waals surface area contributed by atoms with Gasteiger partial charge >= 0.3 is 0 Å². The highest BCUT2D eigenvalue weighted by Crippen LogP contribution is 2.23. The summed E-state index contributed by atoms with van der Waals surface area (Å²) in [7, 11) is 0. The molecule has 170 valence electrons. The van der Waals surface area contributed by atoms with Crippen LogP contribution in [0.4, 0.5) is 5.95 Å². The maximum atomic E-state index is 12.6. The van der Waals surface area contributed by atoms with E-state index in [9.17, 15) is 9.59 Å². The van der Waals surface area contributed by atoms with Gasteiger partial charge in [-0.1, -0.05) is 19.8 Å². The van der Waals surface area contributed by atoms with Gasteiger partial charge in [0.1, 0.15) is 5.39 Å². The fraction of sp³-hybridized carbons (Fsp3) is 0.727. The molecule has 9 heteroatoms. The molecule has 2 atom stereocenters. The summed E-state index contributed by atoms with van der Waals surface area (Å²) in [6.45, 7) is 11.8. The first kappa shape index (κ1) is 21.8.